The molecule has 1 unspecified atom stereocenters. The summed E-state index contributed by atoms with van der Waals surface area (Å²) in [5.74, 6) is 0.223. The highest BCUT2D eigenvalue weighted by Gasteiger charge is 2.23. The molecule has 2 rings (SSSR count). The fourth-order valence-electron chi connectivity index (χ4n) is 2.41. The van der Waals surface area contributed by atoms with Gasteiger partial charge in [0.15, 0.2) is 0 Å². The Labute approximate surface area is 113 Å². The largest absolute Gasteiger partial charge is 0.493 e. The van der Waals surface area contributed by atoms with Gasteiger partial charge in [-0.15, -0.1) is 0 Å². The number of nitrogens with two attached hydrogens (primary N) is 1. The predicted octanol–water partition coefficient (Wildman–Crippen LogP) is 2.57. The van der Waals surface area contributed by atoms with E-state index in [9.17, 15) is 4.79 Å². The van der Waals surface area contributed by atoms with Crippen LogP contribution in [0.2, 0.25) is 0 Å². The van der Waals surface area contributed by atoms with E-state index in [1.165, 1.54) is 19.3 Å². The van der Waals surface area contributed by atoms with E-state index in [2.05, 4.69) is 0 Å². The van der Waals surface area contributed by atoms with E-state index in [4.69, 9.17) is 15.6 Å². The molecule has 19 heavy (non-hydrogen) atoms. The molecule has 0 saturated heterocycles. The maximum Gasteiger partial charge on any atom is 0.325 e. The van der Waals surface area contributed by atoms with E-state index in [0.29, 0.717) is 23.8 Å². The van der Waals surface area contributed by atoms with Gasteiger partial charge >= 0.3 is 5.97 Å². The first-order valence-electron chi connectivity index (χ1n) is 6.71. The Hall–Kier alpha value is -1.55. The molecule has 3 N–H and O–H groups in total. The smallest absolute Gasteiger partial charge is 0.325 e. The topological polar surface area (TPSA) is 72.5 Å². The number of carbonyl (C=O) groups is 1. The number of aliphatic carboxylic acids is 1. The molecule has 1 aromatic carbocycles. The highest BCUT2D eigenvalue weighted by atomic mass is 16.5. The van der Waals surface area contributed by atoms with Gasteiger partial charge in [-0.25, -0.2) is 0 Å². The van der Waals surface area contributed by atoms with Crippen molar-refractivity contribution in [2.75, 3.05) is 6.61 Å². The first-order valence-corrected chi connectivity index (χ1v) is 6.71. The molecule has 1 atom stereocenters. The van der Waals surface area contributed by atoms with Crippen LogP contribution in [-0.2, 0) is 4.79 Å². The number of rotatable bonds is 5. The first-order chi connectivity index (χ1) is 8.99. The summed E-state index contributed by atoms with van der Waals surface area (Å²) in [6.45, 7) is 4.52. The van der Waals surface area contributed by atoms with Crippen LogP contribution in [0.4, 0.5) is 0 Å². The summed E-state index contributed by atoms with van der Waals surface area (Å²) in [6.07, 6.45) is 3.67. The van der Waals surface area contributed by atoms with E-state index in [1.54, 1.807) is 0 Å². The van der Waals surface area contributed by atoms with Crippen molar-refractivity contribution in [3.05, 3.63) is 28.8 Å². The Morgan fingerprint density at radius 2 is 2.16 bits per heavy atom. The van der Waals surface area contributed by atoms with Gasteiger partial charge in [-0.05, 0) is 38.2 Å². The monoisotopic (exact) mass is 263 g/mol. The van der Waals surface area contributed by atoms with Crippen LogP contribution in [-0.4, -0.2) is 17.7 Å². The maximum atomic E-state index is 11.1. The molecule has 104 valence electrons. The Kier molecular flexibility index (Phi) is 4.10. The van der Waals surface area contributed by atoms with Crippen molar-refractivity contribution >= 4 is 5.97 Å². The Morgan fingerprint density at radius 1 is 1.47 bits per heavy atom. The second-order valence-corrected chi connectivity index (χ2v) is 5.42. The van der Waals surface area contributed by atoms with Crippen LogP contribution in [0.3, 0.4) is 0 Å². The summed E-state index contributed by atoms with van der Waals surface area (Å²) in [6, 6.07) is 2.77. The van der Waals surface area contributed by atoms with Crippen molar-refractivity contribution in [3.63, 3.8) is 0 Å². The molecule has 4 heteroatoms. The van der Waals surface area contributed by atoms with Gasteiger partial charge in [-0.1, -0.05) is 24.1 Å². The van der Waals surface area contributed by atoms with Crippen molar-refractivity contribution in [3.8, 4) is 5.75 Å². The molecule has 0 aliphatic heterocycles. The van der Waals surface area contributed by atoms with E-state index in [-0.39, 0.29) is 0 Å². The highest BCUT2D eigenvalue weighted by Crippen LogP contribution is 2.32. The van der Waals surface area contributed by atoms with Crippen LogP contribution in [0.1, 0.15) is 42.0 Å². The molecule has 1 aliphatic carbocycles. The zero-order chi connectivity index (χ0) is 14.0. The zero-order valence-corrected chi connectivity index (χ0v) is 11.5. The van der Waals surface area contributed by atoms with Crippen molar-refractivity contribution in [1.82, 2.24) is 0 Å². The molecular formula is C15H21NO3. The quantitative estimate of drug-likeness (QED) is 0.856. The van der Waals surface area contributed by atoms with Crippen molar-refractivity contribution in [2.24, 2.45) is 11.7 Å². The number of carboxylic acids is 1. The fraction of sp³-hybridized carbons (Fsp3) is 0.533. The lowest BCUT2D eigenvalue weighted by Crippen LogP contribution is -2.24. The van der Waals surface area contributed by atoms with Crippen LogP contribution in [0.5, 0.6) is 5.75 Å². The molecule has 1 aliphatic rings. The third kappa shape index (κ3) is 3.07. The van der Waals surface area contributed by atoms with Crippen LogP contribution in [0.25, 0.3) is 0 Å². The SMILES string of the molecule is Cc1cc(C)c(OCC2CCC2)c(C(N)C(=O)O)c1. The summed E-state index contributed by atoms with van der Waals surface area (Å²) < 4.78 is 5.85. The first kappa shape index (κ1) is 13.9. The van der Waals surface area contributed by atoms with E-state index in [1.807, 2.05) is 26.0 Å². The molecule has 0 aromatic heterocycles. The van der Waals surface area contributed by atoms with Crippen molar-refractivity contribution in [1.29, 1.82) is 0 Å². The standard InChI is InChI=1S/C15H21NO3/c1-9-6-10(2)14(19-8-11-4-3-5-11)12(7-9)13(16)15(17)18/h6-7,11,13H,3-5,8,16H2,1-2H3,(H,17,18). The van der Waals surface area contributed by atoms with Gasteiger partial charge in [0.2, 0.25) is 0 Å². The van der Waals surface area contributed by atoms with Crippen molar-refractivity contribution < 1.29 is 14.6 Å². The lowest BCUT2D eigenvalue weighted by molar-refractivity contribution is -0.138. The molecule has 1 fully saturated rings. The van der Waals surface area contributed by atoms with Crippen LogP contribution < -0.4 is 10.5 Å². The average molecular weight is 263 g/mol. The maximum absolute atomic E-state index is 11.1. The minimum atomic E-state index is -1.03. The molecule has 0 amide bonds. The van der Waals surface area contributed by atoms with E-state index >= 15 is 0 Å². The normalized spacial score (nSPS) is 16.8. The van der Waals surface area contributed by atoms with Crippen LogP contribution in [0.15, 0.2) is 12.1 Å². The number of benzene rings is 1. The second kappa shape index (κ2) is 5.61. The molecule has 4 nitrogen and oxygen atoms in total. The van der Waals surface area contributed by atoms with Crippen LogP contribution in [0, 0.1) is 19.8 Å². The highest BCUT2D eigenvalue weighted by molar-refractivity contribution is 5.76. The minimum absolute atomic E-state index is 0.573. The lowest BCUT2D eigenvalue weighted by atomic mass is 9.86. The van der Waals surface area contributed by atoms with Gasteiger partial charge in [-0.3, -0.25) is 4.79 Å². The Balaban J connectivity index is 2.24. The summed E-state index contributed by atoms with van der Waals surface area (Å²) in [5, 5.41) is 9.10. The number of carboxylic acid groups (broad SMARTS) is 1. The minimum Gasteiger partial charge on any atom is -0.493 e. The lowest BCUT2D eigenvalue weighted by Gasteiger charge is -2.27. The third-order valence-electron chi connectivity index (χ3n) is 3.74. The molecule has 0 radical (unpaired) electrons. The summed E-state index contributed by atoms with van der Waals surface area (Å²) in [7, 11) is 0. The number of ether oxygens (including phenoxy) is 1. The van der Waals surface area contributed by atoms with Gasteiger partial charge in [0, 0.05) is 5.56 Å². The predicted molar refractivity (Wildman–Crippen MR) is 73.3 cm³/mol. The summed E-state index contributed by atoms with van der Waals surface area (Å²) in [5.41, 5.74) is 8.27. The molecule has 0 heterocycles. The molecule has 0 spiro atoms. The van der Waals surface area contributed by atoms with Crippen molar-refractivity contribution in [2.45, 2.75) is 39.2 Å². The van der Waals surface area contributed by atoms with Gasteiger partial charge in [0.25, 0.3) is 0 Å². The second-order valence-electron chi connectivity index (χ2n) is 5.42. The molecular weight excluding hydrogens is 242 g/mol. The van der Waals surface area contributed by atoms with Gasteiger partial charge in [-0.2, -0.15) is 0 Å². The Bertz CT molecular complexity index is 481. The third-order valence-corrected chi connectivity index (χ3v) is 3.74. The molecule has 1 saturated carbocycles. The van der Waals surface area contributed by atoms with Gasteiger partial charge < -0.3 is 15.6 Å². The molecule has 1 aromatic rings. The van der Waals surface area contributed by atoms with Crippen LogP contribution >= 0.6 is 0 Å². The van der Waals surface area contributed by atoms with Gasteiger partial charge in [0.1, 0.15) is 11.8 Å². The summed E-state index contributed by atoms with van der Waals surface area (Å²) in [4.78, 5) is 11.1. The average Bonchev–Trinajstić information content (AvgIpc) is 2.27. The van der Waals surface area contributed by atoms with Gasteiger partial charge in [0.05, 0.1) is 6.61 Å². The Morgan fingerprint density at radius 3 is 2.68 bits per heavy atom. The zero-order valence-electron chi connectivity index (χ0n) is 11.5. The summed E-state index contributed by atoms with van der Waals surface area (Å²) >= 11 is 0. The fourth-order valence-corrected chi connectivity index (χ4v) is 2.41. The molecule has 0 bridgehead atoms. The number of hydrogen-bond donors (Lipinski definition) is 2. The van der Waals surface area contributed by atoms with E-state index in [0.717, 1.165) is 11.1 Å². The number of hydrogen-bond acceptors (Lipinski definition) is 3. The number of aryl methyl sites for hydroxylation is 2. The van der Waals surface area contributed by atoms with E-state index < -0.39 is 12.0 Å².